The van der Waals surface area contributed by atoms with Crippen molar-refractivity contribution < 1.29 is 9.90 Å². The number of rotatable bonds is 5. The van der Waals surface area contributed by atoms with Gasteiger partial charge in [0, 0.05) is 17.6 Å². The summed E-state index contributed by atoms with van der Waals surface area (Å²) in [6.45, 7) is 3.87. The maximum atomic E-state index is 11.5. The Hall–Kier alpha value is -1.14. The third kappa shape index (κ3) is 3.46. The molecule has 1 amide bonds. The summed E-state index contributed by atoms with van der Waals surface area (Å²) in [5, 5.41) is 13.6. The number of hydrogen-bond acceptors (Lipinski definition) is 4. The molecule has 2 N–H and O–H groups in total. The van der Waals surface area contributed by atoms with E-state index in [1.165, 1.54) is 4.57 Å². The van der Waals surface area contributed by atoms with E-state index >= 15 is 0 Å². The highest BCUT2D eigenvalue weighted by atomic mass is 32.1. The van der Waals surface area contributed by atoms with E-state index in [2.05, 4.69) is 5.32 Å². The number of thiazole rings is 1. The quantitative estimate of drug-likeness (QED) is 0.772. The van der Waals surface area contributed by atoms with Gasteiger partial charge in [-0.15, -0.1) is 0 Å². The minimum Gasteiger partial charge on any atom is -0.391 e. The molecule has 1 aromatic heterocycles. The molecule has 1 aromatic rings. The molecule has 0 bridgehead atoms. The average molecular weight is 244 g/mol. The zero-order valence-corrected chi connectivity index (χ0v) is 10.2. The Morgan fingerprint density at radius 2 is 2.38 bits per heavy atom. The molecule has 0 saturated carbocycles. The van der Waals surface area contributed by atoms with Crippen molar-refractivity contribution in [1.29, 1.82) is 0 Å². The van der Waals surface area contributed by atoms with Crippen LogP contribution in [0.3, 0.4) is 0 Å². The van der Waals surface area contributed by atoms with Gasteiger partial charge in [0.1, 0.15) is 6.54 Å². The number of aliphatic hydroxyl groups excluding tert-OH is 1. The van der Waals surface area contributed by atoms with Crippen LogP contribution in [0.2, 0.25) is 0 Å². The van der Waals surface area contributed by atoms with Crippen molar-refractivity contribution in [3.05, 3.63) is 20.7 Å². The van der Waals surface area contributed by atoms with Gasteiger partial charge in [-0.2, -0.15) is 0 Å². The maximum Gasteiger partial charge on any atom is 0.307 e. The Labute approximate surface area is 97.7 Å². The van der Waals surface area contributed by atoms with Crippen molar-refractivity contribution in [2.24, 2.45) is 0 Å². The highest BCUT2D eigenvalue weighted by molar-refractivity contribution is 7.07. The molecule has 1 heterocycles. The number of aromatic nitrogens is 1. The summed E-state index contributed by atoms with van der Waals surface area (Å²) in [6, 6.07) is 0. The van der Waals surface area contributed by atoms with E-state index in [4.69, 9.17) is 0 Å². The fraction of sp³-hybridized carbons (Fsp3) is 0.600. The number of aryl methyl sites for hydroxylation is 1. The van der Waals surface area contributed by atoms with Crippen LogP contribution in [0.4, 0.5) is 0 Å². The number of carbonyl (C=O) groups excluding carboxylic acids is 1. The van der Waals surface area contributed by atoms with Crippen molar-refractivity contribution in [3.63, 3.8) is 0 Å². The fourth-order valence-electron chi connectivity index (χ4n) is 1.17. The lowest BCUT2D eigenvalue weighted by molar-refractivity contribution is -0.122. The highest BCUT2D eigenvalue weighted by Gasteiger charge is 2.09. The van der Waals surface area contributed by atoms with Crippen molar-refractivity contribution in [1.82, 2.24) is 9.88 Å². The van der Waals surface area contributed by atoms with Gasteiger partial charge in [0.05, 0.1) is 6.10 Å². The topological polar surface area (TPSA) is 71.3 Å². The zero-order chi connectivity index (χ0) is 12.1. The fourth-order valence-corrected chi connectivity index (χ4v) is 1.91. The molecular weight excluding hydrogens is 228 g/mol. The van der Waals surface area contributed by atoms with Gasteiger partial charge < -0.3 is 10.4 Å². The van der Waals surface area contributed by atoms with E-state index in [1.807, 2.05) is 6.92 Å². The molecule has 0 radical (unpaired) electrons. The van der Waals surface area contributed by atoms with Gasteiger partial charge in [-0.3, -0.25) is 14.2 Å². The molecule has 16 heavy (non-hydrogen) atoms. The minimum atomic E-state index is -0.524. The second kappa shape index (κ2) is 5.81. The summed E-state index contributed by atoms with van der Waals surface area (Å²) in [5.41, 5.74) is 0.779. The lowest BCUT2D eigenvalue weighted by atomic mass is 10.3. The summed E-state index contributed by atoms with van der Waals surface area (Å²) in [7, 11) is 0. The molecule has 6 heteroatoms. The Morgan fingerprint density at radius 3 is 2.88 bits per heavy atom. The van der Waals surface area contributed by atoms with Crippen molar-refractivity contribution in [2.45, 2.75) is 32.9 Å². The van der Waals surface area contributed by atoms with Gasteiger partial charge in [-0.05, 0) is 13.3 Å². The maximum absolute atomic E-state index is 11.5. The molecule has 0 aliphatic carbocycles. The van der Waals surface area contributed by atoms with Crippen LogP contribution in [-0.4, -0.2) is 28.2 Å². The van der Waals surface area contributed by atoms with Crippen LogP contribution < -0.4 is 10.2 Å². The summed E-state index contributed by atoms with van der Waals surface area (Å²) >= 11 is 1.08. The van der Waals surface area contributed by atoms with E-state index in [0.29, 0.717) is 6.42 Å². The molecule has 0 aliphatic rings. The predicted molar refractivity (Wildman–Crippen MR) is 62.6 cm³/mol. The van der Waals surface area contributed by atoms with Crippen LogP contribution in [0.15, 0.2) is 10.2 Å². The van der Waals surface area contributed by atoms with Crippen molar-refractivity contribution >= 4 is 17.2 Å². The lowest BCUT2D eigenvalue weighted by Crippen LogP contribution is -2.35. The minimum absolute atomic E-state index is 0.0185. The van der Waals surface area contributed by atoms with Crippen LogP contribution in [-0.2, 0) is 11.3 Å². The first-order valence-electron chi connectivity index (χ1n) is 5.14. The molecule has 5 nitrogen and oxygen atoms in total. The van der Waals surface area contributed by atoms with E-state index in [9.17, 15) is 14.7 Å². The SMILES string of the molecule is CCC(O)CNC(=O)Cn1c(C)csc1=O. The second-order valence-corrected chi connectivity index (χ2v) is 4.42. The lowest BCUT2D eigenvalue weighted by Gasteiger charge is -2.10. The highest BCUT2D eigenvalue weighted by Crippen LogP contribution is 1.98. The van der Waals surface area contributed by atoms with E-state index in [1.54, 1.807) is 12.3 Å². The molecule has 1 unspecified atom stereocenters. The molecule has 0 saturated heterocycles. The number of amides is 1. The largest absolute Gasteiger partial charge is 0.391 e. The molecule has 90 valence electrons. The number of nitrogens with one attached hydrogen (secondary N) is 1. The standard InChI is InChI=1S/C10H16N2O3S/c1-3-8(13)4-11-9(14)5-12-7(2)6-16-10(12)15/h6,8,13H,3-5H2,1-2H3,(H,11,14). The third-order valence-electron chi connectivity index (χ3n) is 2.28. The Bertz CT molecular complexity index is 410. The summed E-state index contributed by atoms with van der Waals surface area (Å²) in [6.07, 6.45) is 0.0711. The number of aliphatic hydroxyl groups is 1. The summed E-state index contributed by atoms with van der Waals surface area (Å²) in [5.74, 6) is -0.254. The number of carbonyl (C=O) groups is 1. The predicted octanol–water partition coefficient (Wildman–Crippen LogP) is 0.105. The van der Waals surface area contributed by atoms with Gasteiger partial charge in [-0.1, -0.05) is 18.3 Å². The van der Waals surface area contributed by atoms with Gasteiger partial charge in [0.15, 0.2) is 0 Å². The molecule has 0 spiro atoms. The van der Waals surface area contributed by atoms with E-state index in [-0.39, 0.29) is 23.9 Å². The average Bonchev–Trinajstić information content (AvgIpc) is 2.57. The van der Waals surface area contributed by atoms with Crippen LogP contribution in [0.1, 0.15) is 19.0 Å². The molecule has 1 atom stereocenters. The molecule has 1 rings (SSSR count). The van der Waals surface area contributed by atoms with Crippen molar-refractivity contribution in [3.8, 4) is 0 Å². The normalized spacial score (nSPS) is 12.4. The Balaban J connectivity index is 2.49. The Kier molecular flexibility index (Phi) is 4.70. The van der Waals surface area contributed by atoms with Crippen LogP contribution >= 0.6 is 11.3 Å². The number of hydrogen-bond donors (Lipinski definition) is 2. The summed E-state index contributed by atoms with van der Waals surface area (Å²) in [4.78, 5) is 22.6. The third-order valence-corrected chi connectivity index (χ3v) is 3.17. The van der Waals surface area contributed by atoms with Gasteiger partial charge in [0.25, 0.3) is 0 Å². The summed E-state index contributed by atoms with van der Waals surface area (Å²) < 4.78 is 1.42. The monoisotopic (exact) mass is 244 g/mol. The van der Waals surface area contributed by atoms with Crippen LogP contribution in [0.5, 0.6) is 0 Å². The van der Waals surface area contributed by atoms with E-state index in [0.717, 1.165) is 17.0 Å². The van der Waals surface area contributed by atoms with Gasteiger partial charge in [-0.25, -0.2) is 0 Å². The molecule has 0 fully saturated rings. The first-order valence-corrected chi connectivity index (χ1v) is 6.02. The van der Waals surface area contributed by atoms with Crippen LogP contribution in [0, 0.1) is 6.92 Å². The zero-order valence-electron chi connectivity index (χ0n) is 9.40. The smallest absolute Gasteiger partial charge is 0.307 e. The molecular formula is C10H16N2O3S. The number of nitrogens with zero attached hydrogens (tertiary/aromatic N) is 1. The van der Waals surface area contributed by atoms with Gasteiger partial charge >= 0.3 is 4.87 Å². The first-order chi connectivity index (χ1) is 7.54. The van der Waals surface area contributed by atoms with Crippen molar-refractivity contribution in [2.75, 3.05) is 6.54 Å². The van der Waals surface area contributed by atoms with Crippen LogP contribution in [0.25, 0.3) is 0 Å². The molecule has 0 aliphatic heterocycles. The molecule has 0 aromatic carbocycles. The second-order valence-electron chi connectivity index (χ2n) is 3.60. The van der Waals surface area contributed by atoms with E-state index < -0.39 is 6.10 Å². The van der Waals surface area contributed by atoms with Gasteiger partial charge in [0.2, 0.25) is 5.91 Å². The first kappa shape index (κ1) is 12.9. The Morgan fingerprint density at radius 1 is 1.69 bits per heavy atom.